The van der Waals surface area contributed by atoms with Crippen LogP contribution in [0.15, 0.2) is 71.6 Å². The summed E-state index contributed by atoms with van der Waals surface area (Å²) in [4.78, 5) is 15.3. The fraction of sp³-hybridized carbons (Fsp3) is 0.0400. The number of nitrogens with zero attached hydrogens (tertiary/aromatic N) is 4. The second kappa shape index (κ2) is 8.32. The molecular formula is C25H15ClN4OS3. The van der Waals surface area contributed by atoms with Crippen LogP contribution < -0.4 is 4.90 Å². The van der Waals surface area contributed by atoms with Gasteiger partial charge in [-0.3, -0.25) is 4.79 Å². The monoisotopic (exact) mass is 518 g/mol. The third-order valence-electron chi connectivity index (χ3n) is 5.73. The minimum atomic E-state index is -0.188. The molecule has 0 radical (unpaired) electrons. The summed E-state index contributed by atoms with van der Waals surface area (Å²) in [6, 6.07) is 21.9. The van der Waals surface area contributed by atoms with Crippen LogP contribution >= 0.6 is 46.9 Å². The molecule has 3 aromatic carbocycles. The molecule has 0 saturated carbocycles. The number of fused-ring (bicyclic) bond motifs is 3. The van der Waals surface area contributed by atoms with Crippen LogP contribution in [0.1, 0.15) is 5.56 Å². The Bertz CT molecular complexity index is 1650. The van der Waals surface area contributed by atoms with Crippen molar-refractivity contribution in [3.05, 3.63) is 82.2 Å². The van der Waals surface area contributed by atoms with Crippen molar-refractivity contribution >= 4 is 90.2 Å². The molecule has 0 aliphatic carbocycles. The van der Waals surface area contributed by atoms with Gasteiger partial charge in [0.1, 0.15) is 5.01 Å². The first-order valence-electron chi connectivity index (χ1n) is 10.3. The van der Waals surface area contributed by atoms with Crippen LogP contribution in [-0.2, 0) is 11.8 Å². The predicted molar refractivity (Wildman–Crippen MR) is 146 cm³/mol. The molecule has 0 spiro atoms. The van der Waals surface area contributed by atoms with E-state index in [4.69, 9.17) is 23.8 Å². The highest BCUT2D eigenvalue weighted by molar-refractivity contribution is 8.27. The Morgan fingerprint density at radius 3 is 2.56 bits per heavy atom. The van der Waals surface area contributed by atoms with Crippen molar-refractivity contribution in [2.45, 2.75) is 0 Å². The van der Waals surface area contributed by atoms with Gasteiger partial charge in [-0.15, -0.1) is 10.2 Å². The van der Waals surface area contributed by atoms with Crippen molar-refractivity contribution in [3.8, 4) is 10.6 Å². The molecule has 1 aliphatic heterocycles. The molecular weight excluding hydrogens is 504 g/mol. The van der Waals surface area contributed by atoms with E-state index in [0.29, 0.717) is 24.4 Å². The van der Waals surface area contributed by atoms with Crippen LogP contribution in [0.2, 0.25) is 5.02 Å². The molecule has 1 amide bonds. The fourth-order valence-corrected chi connectivity index (χ4v) is 6.43. The predicted octanol–water partition coefficient (Wildman–Crippen LogP) is 6.91. The van der Waals surface area contributed by atoms with E-state index >= 15 is 0 Å². The number of anilines is 1. The largest absolute Gasteiger partial charge is 0.344 e. The van der Waals surface area contributed by atoms with Crippen LogP contribution in [0.3, 0.4) is 0 Å². The topological polar surface area (TPSA) is 51.0 Å². The zero-order valence-electron chi connectivity index (χ0n) is 17.7. The number of aryl methyl sites for hydroxylation is 1. The number of hydrogen-bond acceptors (Lipinski definition) is 6. The summed E-state index contributed by atoms with van der Waals surface area (Å²) in [6.07, 6.45) is 1.89. The number of benzene rings is 3. The van der Waals surface area contributed by atoms with Gasteiger partial charge in [0.2, 0.25) is 5.13 Å². The van der Waals surface area contributed by atoms with Crippen LogP contribution in [0.5, 0.6) is 0 Å². The lowest BCUT2D eigenvalue weighted by molar-refractivity contribution is -0.113. The summed E-state index contributed by atoms with van der Waals surface area (Å²) in [7, 11) is 2.07. The van der Waals surface area contributed by atoms with Crippen molar-refractivity contribution in [2.24, 2.45) is 7.05 Å². The number of carbonyl (C=O) groups is 1. The Morgan fingerprint density at radius 2 is 1.74 bits per heavy atom. The van der Waals surface area contributed by atoms with E-state index in [2.05, 4.69) is 46.1 Å². The van der Waals surface area contributed by atoms with Gasteiger partial charge in [-0.2, -0.15) is 0 Å². The summed E-state index contributed by atoms with van der Waals surface area (Å²) in [5.41, 5.74) is 4.16. The highest BCUT2D eigenvalue weighted by Gasteiger charge is 2.35. The fourth-order valence-electron chi connectivity index (χ4n) is 4.07. The van der Waals surface area contributed by atoms with Gasteiger partial charge in [-0.25, -0.2) is 4.90 Å². The number of thiocarbonyl (C=S) groups is 1. The lowest BCUT2D eigenvalue weighted by Crippen LogP contribution is -2.27. The maximum Gasteiger partial charge on any atom is 0.272 e. The zero-order chi connectivity index (χ0) is 23.4. The molecule has 0 N–H and O–H groups in total. The normalized spacial score (nSPS) is 15.4. The molecule has 1 fully saturated rings. The maximum absolute atomic E-state index is 13.3. The number of carbonyl (C=O) groups excluding carboxylic acids is 1. The summed E-state index contributed by atoms with van der Waals surface area (Å²) >= 11 is 14.1. The number of hydrogen-bond donors (Lipinski definition) is 0. The molecule has 3 heterocycles. The average molecular weight is 519 g/mol. The molecule has 34 heavy (non-hydrogen) atoms. The minimum absolute atomic E-state index is 0.188. The number of para-hydroxylation sites is 1. The van der Waals surface area contributed by atoms with E-state index < -0.39 is 0 Å². The van der Waals surface area contributed by atoms with Crippen molar-refractivity contribution in [2.75, 3.05) is 4.90 Å². The summed E-state index contributed by atoms with van der Waals surface area (Å²) in [5, 5.41) is 12.6. The lowest BCUT2D eigenvalue weighted by atomic mass is 10.1. The Morgan fingerprint density at radius 1 is 0.971 bits per heavy atom. The van der Waals surface area contributed by atoms with Crippen LogP contribution in [-0.4, -0.2) is 25.0 Å². The molecule has 6 rings (SSSR count). The van der Waals surface area contributed by atoms with Crippen molar-refractivity contribution in [3.63, 3.8) is 0 Å². The minimum Gasteiger partial charge on any atom is -0.344 e. The van der Waals surface area contributed by atoms with Crippen molar-refractivity contribution in [1.82, 2.24) is 14.8 Å². The highest BCUT2D eigenvalue weighted by atomic mass is 35.5. The van der Waals surface area contributed by atoms with Gasteiger partial charge >= 0.3 is 0 Å². The number of rotatable bonds is 3. The average Bonchev–Trinajstić information content (AvgIpc) is 3.50. The van der Waals surface area contributed by atoms with Crippen molar-refractivity contribution in [1.29, 1.82) is 0 Å². The third kappa shape index (κ3) is 3.54. The first-order chi connectivity index (χ1) is 16.5. The second-order valence-electron chi connectivity index (χ2n) is 7.77. The number of aromatic nitrogens is 3. The summed E-state index contributed by atoms with van der Waals surface area (Å²) in [6.45, 7) is 0. The molecule has 1 aliphatic rings. The van der Waals surface area contributed by atoms with E-state index in [1.54, 1.807) is 12.1 Å². The van der Waals surface area contributed by atoms with Crippen LogP contribution in [0.4, 0.5) is 5.13 Å². The van der Waals surface area contributed by atoms with Crippen LogP contribution in [0, 0.1) is 0 Å². The first kappa shape index (κ1) is 21.5. The van der Waals surface area contributed by atoms with Gasteiger partial charge in [-0.05, 0) is 42.0 Å². The Balaban J connectivity index is 1.33. The van der Waals surface area contributed by atoms with Gasteiger partial charge in [0, 0.05) is 39.4 Å². The molecule has 166 valence electrons. The van der Waals surface area contributed by atoms with Gasteiger partial charge in [0.15, 0.2) is 4.32 Å². The van der Waals surface area contributed by atoms with Gasteiger partial charge in [0.05, 0.1) is 4.91 Å². The summed E-state index contributed by atoms with van der Waals surface area (Å²) < 4.78 is 2.63. The lowest BCUT2D eigenvalue weighted by Gasteiger charge is -2.08. The van der Waals surface area contributed by atoms with Gasteiger partial charge < -0.3 is 4.57 Å². The Kier molecular flexibility index (Phi) is 5.26. The second-order valence-corrected chi connectivity index (χ2v) is 10.8. The van der Waals surface area contributed by atoms with Crippen LogP contribution in [0.25, 0.3) is 38.5 Å². The van der Waals surface area contributed by atoms with E-state index in [-0.39, 0.29) is 5.91 Å². The standard InChI is InChI=1S/C25H15ClN4OS3/c1-29-19-5-3-2-4-17(19)18-12-14(6-11-20(18)29)13-21-23(31)30(25(32)33-21)24-28-27-22(34-24)15-7-9-16(26)10-8-15/h2-13H,1H3/b21-13-. The SMILES string of the molecule is Cn1c2ccccc2c2cc(/C=C3\SC(=S)N(c4nnc(-c5ccc(Cl)cc5)s4)C3=O)ccc21. The molecule has 5 nitrogen and oxygen atoms in total. The summed E-state index contributed by atoms with van der Waals surface area (Å²) in [5.74, 6) is -0.188. The molecule has 5 aromatic rings. The number of halogens is 1. The molecule has 0 atom stereocenters. The van der Waals surface area contributed by atoms with Gasteiger partial charge in [-0.1, -0.05) is 83.3 Å². The van der Waals surface area contributed by atoms with E-state index in [9.17, 15) is 4.79 Å². The third-order valence-corrected chi connectivity index (χ3v) is 8.24. The van der Waals surface area contributed by atoms with E-state index in [1.165, 1.54) is 38.9 Å². The van der Waals surface area contributed by atoms with E-state index in [1.807, 2.05) is 36.4 Å². The first-order valence-corrected chi connectivity index (χ1v) is 12.8. The number of amides is 1. The molecule has 0 bridgehead atoms. The van der Waals surface area contributed by atoms with Gasteiger partial charge in [0.25, 0.3) is 5.91 Å². The molecule has 1 saturated heterocycles. The quantitative estimate of drug-likeness (QED) is 0.192. The van der Waals surface area contributed by atoms with E-state index in [0.717, 1.165) is 22.0 Å². The zero-order valence-corrected chi connectivity index (χ0v) is 20.9. The molecule has 2 aromatic heterocycles. The Hall–Kier alpha value is -3.04. The maximum atomic E-state index is 13.3. The smallest absolute Gasteiger partial charge is 0.272 e. The van der Waals surface area contributed by atoms with Crippen molar-refractivity contribution < 1.29 is 4.79 Å². The number of thioether (sulfide) groups is 1. The molecule has 0 unspecified atom stereocenters. The highest BCUT2D eigenvalue weighted by Crippen LogP contribution is 2.39. The Labute approximate surface area is 213 Å². The molecule has 9 heteroatoms.